The Hall–Kier alpha value is -1.10. The Bertz CT molecular complexity index is 219. The van der Waals surface area contributed by atoms with Crippen molar-refractivity contribution in [2.75, 3.05) is 13.6 Å². The van der Waals surface area contributed by atoms with Gasteiger partial charge in [0.05, 0.1) is 12.0 Å². The van der Waals surface area contributed by atoms with Crippen molar-refractivity contribution in [1.82, 2.24) is 10.6 Å². The number of amides is 1. The summed E-state index contributed by atoms with van der Waals surface area (Å²) < 4.78 is 0. The quantitative estimate of drug-likeness (QED) is 0.568. The molecule has 5 heteroatoms. The molecule has 2 atom stereocenters. The second-order valence-corrected chi connectivity index (χ2v) is 3.58. The minimum absolute atomic E-state index is 0.167. The fraction of sp³-hybridized carbons (Fsp3) is 0.800. The van der Waals surface area contributed by atoms with Crippen LogP contribution in [0.2, 0.25) is 0 Å². The molecule has 1 amide bonds. The number of carboxylic acids is 1. The van der Waals surface area contributed by atoms with Crippen LogP contribution in [0.4, 0.5) is 0 Å². The molecule has 5 nitrogen and oxygen atoms in total. The molecule has 0 bridgehead atoms. The number of aliphatic carboxylic acids is 1. The van der Waals surface area contributed by atoms with E-state index < -0.39 is 11.9 Å². The van der Waals surface area contributed by atoms with Crippen molar-refractivity contribution in [3.05, 3.63) is 0 Å². The van der Waals surface area contributed by atoms with Gasteiger partial charge in [0.2, 0.25) is 5.91 Å². The Kier molecular flexibility index (Phi) is 6.70. The summed E-state index contributed by atoms with van der Waals surface area (Å²) in [4.78, 5) is 22.1. The van der Waals surface area contributed by atoms with Crippen LogP contribution in [-0.2, 0) is 9.59 Å². The predicted octanol–water partition coefficient (Wildman–Crippen LogP) is 0.211. The molecule has 88 valence electrons. The molecule has 0 aliphatic rings. The molecule has 0 saturated carbocycles. The topological polar surface area (TPSA) is 78.4 Å². The molecule has 0 saturated heterocycles. The first-order valence-electron chi connectivity index (χ1n) is 5.20. The van der Waals surface area contributed by atoms with E-state index in [1.165, 1.54) is 0 Å². The van der Waals surface area contributed by atoms with E-state index in [1.807, 2.05) is 6.92 Å². The van der Waals surface area contributed by atoms with Crippen LogP contribution < -0.4 is 10.6 Å². The van der Waals surface area contributed by atoms with Crippen LogP contribution >= 0.6 is 0 Å². The van der Waals surface area contributed by atoms with Gasteiger partial charge in [0.1, 0.15) is 0 Å². The SMILES string of the molecule is CCCC(CNC(=O)C(C)NC)C(=O)O. The van der Waals surface area contributed by atoms with Crippen LogP contribution in [0.1, 0.15) is 26.7 Å². The highest BCUT2D eigenvalue weighted by Gasteiger charge is 2.18. The van der Waals surface area contributed by atoms with E-state index in [0.29, 0.717) is 6.42 Å². The molecule has 0 heterocycles. The molecule has 15 heavy (non-hydrogen) atoms. The zero-order valence-corrected chi connectivity index (χ0v) is 9.54. The van der Waals surface area contributed by atoms with E-state index in [-0.39, 0.29) is 18.5 Å². The van der Waals surface area contributed by atoms with Crippen LogP contribution in [0.25, 0.3) is 0 Å². The number of carbonyl (C=O) groups is 2. The average Bonchev–Trinajstić information content (AvgIpc) is 2.21. The summed E-state index contributed by atoms with van der Waals surface area (Å²) in [6, 6.07) is -0.291. The monoisotopic (exact) mass is 216 g/mol. The summed E-state index contributed by atoms with van der Waals surface area (Å²) in [5.74, 6) is -1.50. The molecule has 0 aromatic carbocycles. The molecular weight excluding hydrogens is 196 g/mol. The molecule has 3 N–H and O–H groups in total. The number of rotatable bonds is 7. The van der Waals surface area contributed by atoms with Crippen LogP contribution in [0, 0.1) is 5.92 Å². The van der Waals surface area contributed by atoms with Crippen LogP contribution in [-0.4, -0.2) is 36.6 Å². The first kappa shape index (κ1) is 13.9. The van der Waals surface area contributed by atoms with E-state index in [0.717, 1.165) is 6.42 Å². The summed E-state index contributed by atoms with van der Waals surface area (Å²) in [5, 5.41) is 14.3. The van der Waals surface area contributed by atoms with Crippen molar-refractivity contribution in [3.8, 4) is 0 Å². The van der Waals surface area contributed by atoms with Gasteiger partial charge in [-0.15, -0.1) is 0 Å². The highest BCUT2D eigenvalue weighted by Crippen LogP contribution is 2.04. The molecule has 0 radical (unpaired) electrons. The fourth-order valence-electron chi connectivity index (χ4n) is 1.17. The van der Waals surface area contributed by atoms with Crippen LogP contribution in [0.5, 0.6) is 0 Å². The van der Waals surface area contributed by atoms with E-state index in [2.05, 4.69) is 10.6 Å². The largest absolute Gasteiger partial charge is 0.481 e. The van der Waals surface area contributed by atoms with Gasteiger partial charge in [-0.3, -0.25) is 9.59 Å². The lowest BCUT2D eigenvalue weighted by molar-refractivity contribution is -0.142. The Morgan fingerprint density at radius 2 is 2.00 bits per heavy atom. The van der Waals surface area contributed by atoms with Gasteiger partial charge in [0.25, 0.3) is 0 Å². The maximum Gasteiger partial charge on any atom is 0.308 e. The number of nitrogens with one attached hydrogen (secondary N) is 2. The smallest absolute Gasteiger partial charge is 0.308 e. The second-order valence-electron chi connectivity index (χ2n) is 3.58. The summed E-state index contributed by atoms with van der Waals surface area (Å²) >= 11 is 0. The minimum atomic E-state index is -0.853. The van der Waals surface area contributed by atoms with Gasteiger partial charge >= 0.3 is 5.97 Å². The summed E-state index contributed by atoms with van der Waals surface area (Å²) in [6.07, 6.45) is 1.39. The maximum atomic E-state index is 11.3. The van der Waals surface area contributed by atoms with Crippen LogP contribution in [0.15, 0.2) is 0 Å². The lowest BCUT2D eigenvalue weighted by Gasteiger charge is -2.15. The van der Waals surface area contributed by atoms with Crippen molar-refractivity contribution in [3.63, 3.8) is 0 Å². The van der Waals surface area contributed by atoms with Gasteiger partial charge in [0, 0.05) is 6.54 Å². The molecule has 0 aliphatic carbocycles. The molecule has 0 aliphatic heterocycles. The van der Waals surface area contributed by atoms with Crippen molar-refractivity contribution in [2.45, 2.75) is 32.7 Å². The van der Waals surface area contributed by atoms with Crippen molar-refractivity contribution in [1.29, 1.82) is 0 Å². The van der Waals surface area contributed by atoms with E-state index in [1.54, 1.807) is 14.0 Å². The summed E-state index contributed by atoms with van der Waals surface area (Å²) in [6.45, 7) is 3.85. The number of hydrogen-bond donors (Lipinski definition) is 3. The van der Waals surface area contributed by atoms with E-state index in [9.17, 15) is 9.59 Å². The Balaban J connectivity index is 3.99. The Morgan fingerprint density at radius 1 is 1.40 bits per heavy atom. The lowest BCUT2D eigenvalue weighted by Crippen LogP contribution is -2.43. The summed E-state index contributed by atoms with van der Waals surface area (Å²) in [5.41, 5.74) is 0. The first-order valence-corrected chi connectivity index (χ1v) is 5.20. The van der Waals surface area contributed by atoms with Crippen molar-refractivity contribution < 1.29 is 14.7 Å². The number of likely N-dealkylation sites (N-methyl/N-ethyl adjacent to an activating group) is 1. The van der Waals surface area contributed by atoms with Gasteiger partial charge in [0.15, 0.2) is 0 Å². The number of hydrogen-bond acceptors (Lipinski definition) is 3. The standard InChI is InChI=1S/C10H20N2O3/c1-4-5-8(10(14)15)6-12-9(13)7(2)11-3/h7-8,11H,4-6H2,1-3H3,(H,12,13)(H,14,15). The van der Waals surface area contributed by atoms with Crippen LogP contribution in [0.3, 0.4) is 0 Å². The Morgan fingerprint density at radius 3 is 2.40 bits per heavy atom. The lowest BCUT2D eigenvalue weighted by atomic mass is 10.0. The fourth-order valence-corrected chi connectivity index (χ4v) is 1.17. The zero-order valence-electron chi connectivity index (χ0n) is 9.54. The van der Waals surface area contributed by atoms with Gasteiger partial charge in [-0.1, -0.05) is 13.3 Å². The summed E-state index contributed by atoms with van der Waals surface area (Å²) in [7, 11) is 1.69. The second kappa shape index (κ2) is 7.23. The molecule has 2 unspecified atom stereocenters. The third kappa shape index (κ3) is 5.37. The number of carboxylic acid groups (broad SMARTS) is 1. The van der Waals surface area contributed by atoms with E-state index >= 15 is 0 Å². The van der Waals surface area contributed by atoms with Gasteiger partial charge in [-0.05, 0) is 20.4 Å². The Labute approximate surface area is 90.2 Å². The average molecular weight is 216 g/mol. The maximum absolute atomic E-state index is 11.3. The third-order valence-corrected chi connectivity index (χ3v) is 2.34. The molecule has 0 aromatic heterocycles. The molecule has 0 rings (SSSR count). The first-order chi connectivity index (χ1) is 7.02. The van der Waals surface area contributed by atoms with Gasteiger partial charge in [-0.25, -0.2) is 0 Å². The van der Waals surface area contributed by atoms with E-state index in [4.69, 9.17) is 5.11 Å². The van der Waals surface area contributed by atoms with Crippen molar-refractivity contribution >= 4 is 11.9 Å². The zero-order chi connectivity index (χ0) is 11.8. The molecule has 0 spiro atoms. The molecular formula is C10H20N2O3. The predicted molar refractivity (Wildman–Crippen MR) is 57.6 cm³/mol. The number of carbonyl (C=O) groups excluding carboxylic acids is 1. The van der Waals surface area contributed by atoms with Crippen molar-refractivity contribution in [2.24, 2.45) is 5.92 Å². The molecule has 0 aromatic rings. The van der Waals surface area contributed by atoms with Gasteiger partial charge < -0.3 is 15.7 Å². The molecule has 0 fully saturated rings. The highest BCUT2D eigenvalue weighted by atomic mass is 16.4. The highest BCUT2D eigenvalue weighted by molar-refractivity contribution is 5.81. The van der Waals surface area contributed by atoms with Gasteiger partial charge in [-0.2, -0.15) is 0 Å². The third-order valence-electron chi connectivity index (χ3n) is 2.34. The normalized spacial score (nSPS) is 14.3. The minimum Gasteiger partial charge on any atom is -0.481 e.